The van der Waals surface area contributed by atoms with E-state index in [0.717, 1.165) is 24.2 Å². The van der Waals surface area contributed by atoms with Crippen molar-refractivity contribution >= 4 is 0 Å². The first kappa shape index (κ1) is 14.8. The van der Waals surface area contributed by atoms with Gasteiger partial charge in [0, 0.05) is 11.7 Å². The molecule has 1 heterocycles. The summed E-state index contributed by atoms with van der Waals surface area (Å²) in [6.07, 6.45) is 2.59. The molecular weight excluding hydrogens is 262 g/mol. The molecule has 0 aliphatic carbocycles. The van der Waals surface area contributed by atoms with E-state index >= 15 is 0 Å². The summed E-state index contributed by atoms with van der Waals surface area (Å²) in [6.45, 7) is 5.19. The number of nitriles is 2. The minimum absolute atomic E-state index is 0.153. The lowest BCUT2D eigenvalue weighted by Crippen LogP contribution is -2.19. The fraction of sp³-hybridized carbons (Fsp3) is 0.312. The second-order valence-electron chi connectivity index (χ2n) is 4.81. The van der Waals surface area contributed by atoms with E-state index in [1.807, 2.05) is 36.4 Å². The lowest BCUT2D eigenvalue weighted by molar-refractivity contribution is 0.570. The SMILES string of the molecule is CCCNC(C)c1cccc(-n2cnc(C#N)c2C#N)c1. The third-order valence-electron chi connectivity index (χ3n) is 3.33. The fourth-order valence-corrected chi connectivity index (χ4v) is 2.16. The van der Waals surface area contributed by atoms with E-state index in [1.165, 1.54) is 6.33 Å². The van der Waals surface area contributed by atoms with Crippen LogP contribution in [0.2, 0.25) is 0 Å². The number of aromatic nitrogens is 2. The maximum absolute atomic E-state index is 9.20. The molecule has 2 rings (SSSR count). The molecule has 0 aliphatic rings. The smallest absolute Gasteiger partial charge is 0.177 e. The van der Waals surface area contributed by atoms with Gasteiger partial charge in [0.05, 0.1) is 0 Å². The Balaban J connectivity index is 2.36. The van der Waals surface area contributed by atoms with Crippen molar-refractivity contribution in [3.05, 3.63) is 47.5 Å². The molecule has 0 saturated heterocycles. The van der Waals surface area contributed by atoms with E-state index in [0.29, 0.717) is 0 Å². The van der Waals surface area contributed by atoms with E-state index in [2.05, 4.69) is 24.1 Å². The van der Waals surface area contributed by atoms with Crippen molar-refractivity contribution in [1.82, 2.24) is 14.9 Å². The van der Waals surface area contributed by atoms with Crippen LogP contribution >= 0.6 is 0 Å². The van der Waals surface area contributed by atoms with Crippen molar-refractivity contribution < 1.29 is 0 Å². The number of benzene rings is 1. The van der Waals surface area contributed by atoms with Gasteiger partial charge in [0.2, 0.25) is 0 Å². The molecule has 5 heteroatoms. The molecular formula is C16H17N5. The summed E-state index contributed by atoms with van der Waals surface area (Å²) >= 11 is 0. The number of nitrogens with zero attached hydrogens (tertiary/aromatic N) is 4. The molecule has 0 aliphatic heterocycles. The number of hydrogen-bond donors (Lipinski definition) is 1. The maximum Gasteiger partial charge on any atom is 0.177 e. The van der Waals surface area contributed by atoms with Crippen LogP contribution in [0.4, 0.5) is 0 Å². The molecule has 1 aromatic heterocycles. The van der Waals surface area contributed by atoms with Crippen LogP contribution in [0.15, 0.2) is 30.6 Å². The Labute approximate surface area is 124 Å². The van der Waals surface area contributed by atoms with Gasteiger partial charge in [-0.05, 0) is 37.6 Å². The molecule has 21 heavy (non-hydrogen) atoms. The number of imidazole rings is 1. The molecule has 0 saturated carbocycles. The van der Waals surface area contributed by atoms with Crippen molar-refractivity contribution in [2.75, 3.05) is 6.54 Å². The summed E-state index contributed by atoms with van der Waals surface area (Å²) in [7, 11) is 0. The Kier molecular flexibility index (Phi) is 4.71. The number of nitrogens with one attached hydrogen (secondary N) is 1. The van der Waals surface area contributed by atoms with Crippen LogP contribution in [-0.4, -0.2) is 16.1 Å². The standard InChI is InChI=1S/C16H17N5/c1-3-7-19-12(2)13-5-4-6-14(8-13)21-11-20-15(9-17)16(21)10-18/h4-6,8,11-12,19H,3,7H2,1-2H3. The van der Waals surface area contributed by atoms with E-state index < -0.39 is 0 Å². The first-order chi connectivity index (χ1) is 10.2. The van der Waals surface area contributed by atoms with Crippen molar-refractivity contribution in [1.29, 1.82) is 10.5 Å². The van der Waals surface area contributed by atoms with Crippen LogP contribution in [0.25, 0.3) is 5.69 Å². The van der Waals surface area contributed by atoms with Gasteiger partial charge >= 0.3 is 0 Å². The summed E-state index contributed by atoms with van der Waals surface area (Å²) < 4.78 is 1.65. The predicted octanol–water partition coefficient (Wildman–Crippen LogP) is 2.68. The quantitative estimate of drug-likeness (QED) is 0.912. The van der Waals surface area contributed by atoms with Crippen molar-refractivity contribution in [2.45, 2.75) is 26.3 Å². The second-order valence-corrected chi connectivity index (χ2v) is 4.81. The highest BCUT2D eigenvalue weighted by Gasteiger charge is 2.12. The molecule has 1 atom stereocenters. The van der Waals surface area contributed by atoms with Gasteiger partial charge < -0.3 is 5.32 Å². The molecule has 1 N–H and O–H groups in total. The Bertz CT molecular complexity index is 702. The molecule has 0 spiro atoms. The monoisotopic (exact) mass is 279 g/mol. The van der Waals surface area contributed by atoms with Crippen LogP contribution in [0.5, 0.6) is 0 Å². The Hall–Kier alpha value is -2.63. The van der Waals surface area contributed by atoms with Crippen LogP contribution in [0, 0.1) is 22.7 Å². The summed E-state index contributed by atoms with van der Waals surface area (Å²) in [5.74, 6) is 0. The second kappa shape index (κ2) is 6.69. The molecule has 0 radical (unpaired) electrons. The average Bonchev–Trinajstić information content (AvgIpc) is 2.95. The van der Waals surface area contributed by atoms with Gasteiger partial charge in [-0.15, -0.1) is 0 Å². The van der Waals surface area contributed by atoms with Gasteiger partial charge in [-0.25, -0.2) is 4.98 Å². The van der Waals surface area contributed by atoms with Crippen molar-refractivity contribution in [3.63, 3.8) is 0 Å². The normalized spacial score (nSPS) is 11.6. The van der Waals surface area contributed by atoms with Crippen molar-refractivity contribution in [3.8, 4) is 17.8 Å². The highest BCUT2D eigenvalue weighted by molar-refractivity contribution is 5.45. The average molecular weight is 279 g/mol. The summed E-state index contributed by atoms with van der Waals surface area (Å²) in [6, 6.07) is 12.1. The Morgan fingerprint density at radius 3 is 2.81 bits per heavy atom. The highest BCUT2D eigenvalue weighted by Crippen LogP contribution is 2.19. The minimum Gasteiger partial charge on any atom is -0.310 e. The van der Waals surface area contributed by atoms with Gasteiger partial charge in [0.15, 0.2) is 11.4 Å². The molecule has 1 unspecified atom stereocenters. The van der Waals surface area contributed by atoms with Crippen LogP contribution in [-0.2, 0) is 0 Å². The molecule has 0 bridgehead atoms. The number of hydrogen-bond acceptors (Lipinski definition) is 4. The molecule has 5 nitrogen and oxygen atoms in total. The van der Waals surface area contributed by atoms with Gasteiger partial charge in [-0.2, -0.15) is 10.5 Å². The Morgan fingerprint density at radius 1 is 1.33 bits per heavy atom. The van der Waals surface area contributed by atoms with Gasteiger partial charge in [-0.1, -0.05) is 19.1 Å². The van der Waals surface area contributed by atoms with E-state index in [4.69, 9.17) is 5.26 Å². The number of rotatable bonds is 5. The first-order valence-corrected chi connectivity index (χ1v) is 6.92. The molecule has 0 fully saturated rings. The predicted molar refractivity (Wildman–Crippen MR) is 79.7 cm³/mol. The third kappa shape index (κ3) is 3.10. The van der Waals surface area contributed by atoms with E-state index in [1.54, 1.807) is 4.57 Å². The molecule has 1 aromatic carbocycles. The molecule has 106 valence electrons. The minimum atomic E-state index is 0.153. The van der Waals surface area contributed by atoms with Gasteiger partial charge in [0.25, 0.3) is 0 Å². The van der Waals surface area contributed by atoms with E-state index in [9.17, 15) is 5.26 Å². The Morgan fingerprint density at radius 2 is 2.14 bits per heavy atom. The zero-order valence-corrected chi connectivity index (χ0v) is 12.2. The zero-order chi connectivity index (χ0) is 15.2. The topological polar surface area (TPSA) is 77.4 Å². The summed E-state index contributed by atoms with van der Waals surface area (Å²) in [5.41, 5.74) is 2.39. The zero-order valence-electron chi connectivity index (χ0n) is 12.2. The molecule has 0 amide bonds. The van der Waals surface area contributed by atoms with Crippen LogP contribution in [0.1, 0.15) is 43.3 Å². The van der Waals surface area contributed by atoms with Crippen LogP contribution in [0.3, 0.4) is 0 Å². The van der Waals surface area contributed by atoms with Gasteiger partial charge in [-0.3, -0.25) is 4.57 Å². The largest absolute Gasteiger partial charge is 0.310 e. The fourth-order valence-electron chi connectivity index (χ4n) is 2.16. The highest BCUT2D eigenvalue weighted by atomic mass is 15.1. The maximum atomic E-state index is 9.20. The summed E-state index contributed by atoms with van der Waals surface area (Å²) in [4.78, 5) is 3.97. The lowest BCUT2D eigenvalue weighted by Gasteiger charge is -2.15. The first-order valence-electron chi connectivity index (χ1n) is 6.92. The van der Waals surface area contributed by atoms with E-state index in [-0.39, 0.29) is 17.4 Å². The van der Waals surface area contributed by atoms with Crippen molar-refractivity contribution in [2.24, 2.45) is 0 Å². The lowest BCUT2D eigenvalue weighted by atomic mass is 10.1. The van der Waals surface area contributed by atoms with Gasteiger partial charge in [0.1, 0.15) is 18.5 Å². The summed E-state index contributed by atoms with van der Waals surface area (Å²) in [5, 5.41) is 21.6. The van der Waals surface area contributed by atoms with Crippen LogP contribution < -0.4 is 5.32 Å². The molecule has 2 aromatic rings. The third-order valence-corrected chi connectivity index (χ3v) is 3.33.